The number of nitrogens with zero attached hydrogens (tertiary/aromatic N) is 2. The molecule has 0 aliphatic carbocycles. The second-order valence-corrected chi connectivity index (χ2v) is 12.6. The zero-order chi connectivity index (χ0) is 31.6. The standard InChI is InChI=1S/C46H30N2/c1-3-13-31(14-4-1)32-23-25-35(26-24-32)47-43-21-11-9-19-38(43)41-29-42-39-20-10-12-22-44(39)48(46(42)30-45(41)47)36-27-34-17-7-8-18-37(34)40(28-36)33-15-5-2-6-16-33/h1-30H. The maximum Gasteiger partial charge on any atom is 0.0562 e. The Morgan fingerprint density at radius 1 is 0.271 bits per heavy atom. The van der Waals surface area contributed by atoms with Crippen molar-refractivity contribution in [1.29, 1.82) is 0 Å². The Hall–Kier alpha value is -6.38. The molecule has 0 aliphatic rings. The lowest BCUT2D eigenvalue weighted by Gasteiger charge is -2.14. The Kier molecular flexibility index (Phi) is 5.91. The van der Waals surface area contributed by atoms with E-state index in [9.17, 15) is 0 Å². The fraction of sp³-hybridized carbons (Fsp3) is 0. The fourth-order valence-corrected chi connectivity index (χ4v) is 7.70. The van der Waals surface area contributed by atoms with Gasteiger partial charge in [0.05, 0.1) is 22.1 Å². The summed E-state index contributed by atoms with van der Waals surface area (Å²) in [6.45, 7) is 0. The Bertz CT molecular complexity index is 2800. The van der Waals surface area contributed by atoms with Gasteiger partial charge in [0, 0.05) is 32.9 Å². The highest BCUT2D eigenvalue weighted by atomic mass is 15.0. The Labute approximate surface area is 278 Å². The van der Waals surface area contributed by atoms with E-state index in [1.807, 2.05) is 0 Å². The van der Waals surface area contributed by atoms with Gasteiger partial charge in [0.15, 0.2) is 0 Å². The summed E-state index contributed by atoms with van der Waals surface area (Å²) in [6.07, 6.45) is 0. The molecule has 0 bridgehead atoms. The van der Waals surface area contributed by atoms with Crippen LogP contribution in [0.25, 0.3) is 88.0 Å². The van der Waals surface area contributed by atoms with Gasteiger partial charge >= 0.3 is 0 Å². The minimum atomic E-state index is 1.15. The van der Waals surface area contributed by atoms with Gasteiger partial charge in [0.25, 0.3) is 0 Å². The van der Waals surface area contributed by atoms with Crippen molar-refractivity contribution in [3.63, 3.8) is 0 Å². The molecule has 0 fully saturated rings. The second-order valence-electron chi connectivity index (χ2n) is 12.6. The van der Waals surface area contributed by atoms with E-state index in [4.69, 9.17) is 0 Å². The van der Waals surface area contributed by atoms with Crippen molar-refractivity contribution >= 4 is 54.4 Å². The zero-order valence-electron chi connectivity index (χ0n) is 26.2. The molecule has 2 heteroatoms. The van der Waals surface area contributed by atoms with E-state index in [2.05, 4.69) is 191 Å². The van der Waals surface area contributed by atoms with Crippen LogP contribution in [0.15, 0.2) is 182 Å². The Morgan fingerprint density at radius 3 is 1.42 bits per heavy atom. The molecule has 0 unspecified atom stereocenters. The minimum absolute atomic E-state index is 1.15. The monoisotopic (exact) mass is 610 g/mol. The Balaban J connectivity index is 1.28. The summed E-state index contributed by atoms with van der Waals surface area (Å²) < 4.78 is 4.89. The molecule has 0 N–H and O–H groups in total. The molecule has 8 aromatic carbocycles. The molecule has 48 heavy (non-hydrogen) atoms. The number of fused-ring (bicyclic) bond motifs is 7. The highest BCUT2D eigenvalue weighted by Gasteiger charge is 2.19. The number of hydrogen-bond acceptors (Lipinski definition) is 0. The van der Waals surface area contributed by atoms with Crippen LogP contribution in [0, 0.1) is 0 Å². The van der Waals surface area contributed by atoms with Crippen LogP contribution in [0.2, 0.25) is 0 Å². The SMILES string of the molecule is c1ccc(-c2ccc(-n3c4ccccc4c4cc5c6ccccc6n(-c6cc(-c7ccccc7)c7ccccc7c6)c5cc43)cc2)cc1. The molecule has 0 saturated heterocycles. The van der Waals surface area contributed by atoms with Crippen LogP contribution in [0.5, 0.6) is 0 Å². The summed E-state index contributed by atoms with van der Waals surface area (Å²) in [4.78, 5) is 0. The lowest BCUT2D eigenvalue weighted by Crippen LogP contribution is -1.97. The third kappa shape index (κ3) is 4.06. The number of para-hydroxylation sites is 2. The van der Waals surface area contributed by atoms with Gasteiger partial charge in [-0.1, -0.05) is 133 Å². The van der Waals surface area contributed by atoms with E-state index in [0.29, 0.717) is 0 Å². The number of hydrogen-bond donors (Lipinski definition) is 0. The highest BCUT2D eigenvalue weighted by Crippen LogP contribution is 2.41. The first-order chi connectivity index (χ1) is 23.8. The fourth-order valence-electron chi connectivity index (χ4n) is 7.70. The van der Waals surface area contributed by atoms with Gasteiger partial charge in [0.1, 0.15) is 0 Å². The minimum Gasteiger partial charge on any atom is -0.309 e. The van der Waals surface area contributed by atoms with Crippen molar-refractivity contribution in [2.75, 3.05) is 0 Å². The van der Waals surface area contributed by atoms with Crippen LogP contribution < -0.4 is 0 Å². The van der Waals surface area contributed by atoms with Gasteiger partial charge in [-0.3, -0.25) is 0 Å². The predicted octanol–water partition coefficient (Wildman–Crippen LogP) is 12.4. The molecule has 10 aromatic rings. The van der Waals surface area contributed by atoms with Gasteiger partial charge in [-0.2, -0.15) is 0 Å². The van der Waals surface area contributed by atoms with Crippen molar-refractivity contribution in [2.24, 2.45) is 0 Å². The highest BCUT2D eigenvalue weighted by molar-refractivity contribution is 6.19. The van der Waals surface area contributed by atoms with Gasteiger partial charge in [-0.15, -0.1) is 0 Å². The van der Waals surface area contributed by atoms with Gasteiger partial charge in [0.2, 0.25) is 0 Å². The first-order valence-corrected chi connectivity index (χ1v) is 16.5. The second kappa shape index (κ2) is 10.6. The first kappa shape index (κ1) is 26.8. The lowest BCUT2D eigenvalue weighted by atomic mass is 9.97. The van der Waals surface area contributed by atoms with Gasteiger partial charge in [-0.25, -0.2) is 0 Å². The van der Waals surface area contributed by atoms with Crippen molar-refractivity contribution in [3.05, 3.63) is 182 Å². The maximum atomic E-state index is 2.46. The van der Waals surface area contributed by atoms with Crippen LogP contribution in [-0.2, 0) is 0 Å². The molecular weight excluding hydrogens is 581 g/mol. The van der Waals surface area contributed by atoms with E-state index < -0.39 is 0 Å². The van der Waals surface area contributed by atoms with Crippen LogP contribution in [-0.4, -0.2) is 9.13 Å². The average Bonchev–Trinajstić information content (AvgIpc) is 3.66. The molecular formula is C46H30N2. The molecule has 224 valence electrons. The third-order valence-corrected chi connectivity index (χ3v) is 9.89. The van der Waals surface area contributed by atoms with Crippen LogP contribution in [0.3, 0.4) is 0 Å². The first-order valence-electron chi connectivity index (χ1n) is 16.5. The normalized spacial score (nSPS) is 11.8. The van der Waals surface area contributed by atoms with Crippen molar-refractivity contribution in [1.82, 2.24) is 9.13 Å². The number of benzene rings is 8. The van der Waals surface area contributed by atoms with Gasteiger partial charge in [-0.05, 0) is 81.6 Å². The molecule has 0 radical (unpaired) electrons. The summed E-state index contributed by atoms with van der Waals surface area (Å²) in [7, 11) is 0. The quantitative estimate of drug-likeness (QED) is 0.188. The van der Waals surface area contributed by atoms with Crippen molar-refractivity contribution in [3.8, 4) is 33.6 Å². The number of rotatable bonds is 4. The molecule has 0 atom stereocenters. The van der Waals surface area contributed by atoms with Crippen LogP contribution in [0.4, 0.5) is 0 Å². The molecule has 0 spiro atoms. The summed E-state index contributed by atoms with van der Waals surface area (Å²) in [5.41, 5.74) is 12.0. The topological polar surface area (TPSA) is 9.86 Å². The van der Waals surface area contributed by atoms with Gasteiger partial charge < -0.3 is 9.13 Å². The molecule has 0 aliphatic heterocycles. The molecule has 2 heterocycles. The number of aromatic nitrogens is 2. The smallest absolute Gasteiger partial charge is 0.0562 e. The summed E-state index contributed by atoms with van der Waals surface area (Å²) >= 11 is 0. The van der Waals surface area contributed by atoms with E-state index in [1.54, 1.807) is 0 Å². The van der Waals surface area contributed by atoms with Crippen LogP contribution in [0.1, 0.15) is 0 Å². The van der Waals surface area contributed by atoms with E-state index >= 15 is 0 Å². The van der Waals surface area contributed by atoms with Crippen molar-refractivity contribution in [2.45, 2.75) is 0 Å². The lowest BCUT2D eigenvalue weighted by molar-refractivity contribution is 1.17. The maximum absolute atomic E-state index is 2.46. The molecule has 10 rings (SSSR count). The predicted molar refractivity (Wildman–Crippen MR) is 203 cm³/mol. The van der Waals surface area contributed by atoms with Crippen LogP contribution >= 0.6 is 0 Å². The summed E-state index contributed by atoms with van der Waals surface area (Å²) in [5.74, 6) is 0. The molecule has 0 amide bonds. The van der Waals surface area contributed by atoms with Crippen molar-refractivity contribution < 1.29 is 0 Å². The summed E-state index contributed by atoms with van der Waals surface area (Å²) in [5, 5.41) is 7.53. The van der Waals surface area contributed by atoms with E-state index in [1.165, 1.54) is 76.6 Å². The third-order valence-electron chi connectivity index (χ3n) is 9.89. The summed E-state index contributed by atoms with van der Waals surface area (Å²) in [6, 6.07) is 66.2. The van der Waals surface area contributed by atoms with E-state index in [0.717, 1.165) is 11.4 Å². The largest absolute Gasteiger partial charge is 0.309 e. The molecule has 0 saturated carbocycles. The Morgan fingerprint density at radius 2 is 0.771 bits per heavy atom. The molecule has 2 nitrogen and oxygen atoms in total. The zero-order valence-corrected chi connectivity index (χ0v) is 26.2. The average molecular weight is 611 g/mol. The molecule has 2 aromatic heterocycles. The van der Waals surface area contributed by atoms with E-state index in [-0.39, 0.29) is 0 Å².